The van der Waals surface area contributed by atoms with Crippen molar-refractivity contribution < 1.29 is 14.3 Å². The predicted octanol–water partition coefficient (Wildman–Crippen LogP) is 2.21. The normalized spacial score (nSPS) is 17.8. The molecule has 140 valence electrons. The van der Waals surface area contributed by atoms with Crippen LogP contribution in [0.5, 0.6) is 0 Å². The van der Waals surface area contributed by atoms with Gasteiger partial charge in [0, 0.05) is 17.5 Å². The number of nitrogens with zero attached hydrogens (tertiary/aromatic N) is 3. The molecule has 7 nitrogen and oxygen atoms in total. The summed E-state index contributed by atoms with van der Waals surface area (Å²) < 4.78 is 6.89. The first-order valence-corrected chi connectivity index (χ1v) is 9.76. The molecule has 0 saturated carbocycles. The van der Waals surface area contributed by atoms with Crippen LogP contribution in [0.2, 0.25) is 0 Å². The first-order chi connectivity index (χ1) is 12.7. The Morgan fingerprint density at radius 2 is 2.31 bits per heavy atom. The fourth-order valence-electron chi connectivity index (χ4n) is 3.15. The third-order valence-electron chi connectivity index (χ3n) is 4.36. The molecule has 1 aliphatic rings. The van der Waals surface area contributed by atoms with E-state index in [1.807, 2.05) is 29.3 Å². The van der Waals surface area contributed by atoms with Crippen molar-refractivity contribution >= 4 is 29.0 Å². The van der Waals surface area contributed by atoms with E-state index in [1.165, 1.54) is 4.88 Å². The molecule has 8 heteroatoms. The fraction of sp³-hybridized carbons (Fsp3) is 0.500. The summed E-state index contributed by atoms with van der Waals surface area (Å²) in [5.74, 6) is 0.289. The zero-order valence-corrected chi connectivity index (χ0v) is 15.7. The first-order valence-electron chi connectivity index (χ1n) is 8.88. The number of aromatic nitrogens is 2. The van der Waals surface area contributed by atoms with Crippen LogP contribution in [0.25, 0.3) is 0 Å². The lowest BCUT2D eigenvalue weighted by Crippen LogP contribution is -2.43. The Labute approximate surface area is 156 Å². The van der Waals surface area contributed by atoms with Gasteiger partial charge in [-0.1, -0.05) is 6.07 Å². The maximum atomic E-state index is 12.4. The fourth-order valence-corrected chi connectivity index (χ4v) is 3.84. The van der Waals surface area contributed by atoms with E-state index in [9.17, 15) is 9.59 Å². The van der Waals surface area contributed by atoms with Crippen LogP contribution in [0.15, 0.2) is 29.8 Å². The minimum atomic E-state index is -0.161. The van der Waals surface area contributed by atoms with Crippen molar-refractivity contribution in [3.63, 3.8) is 0 Å². The molecular weight excluding hydrogens is 352 g/mol. The minimum Gasteiger partial charge on any atom is -0.466 e. The van der Waals surface area contributed by atoms with Crippen molar-refractivity contribution in [1.29, 1.82) is 0 Å². The highest BCUT2D eigenvalue weighted by Crippen LogP contribution is 2.18. The van der Waals surface area contributed by atoms with Gasteiger partial charge in [-0.05, 0) is 37.8 Å². The molecule has 1 amide bonds. The number of esters is 1. The molecule has 3 heterocycles. The first kappa shape index (κ1) is 18.6. The Balaban J connectivity index is 1.53. The summed E-state index contributed by atoms with van der Waals surface area (Å²) in [6.45, 7) is 4.49. The van der Waals surface area contributed by atoms with Gasteiger partial charge < -0.3 is 10.1 Å². The molecule has 2 aromatic heterocycles. The van der Waals surface area contributed by atoms with Crippen molar-refractivity contribution in [2.45, 2.75) is 26.3 Å². The van der Waals surface area contributed by atoms with Gasteiger partial charge in [-0.3, -0.25) is 14.5 Å². The minimum absolute atomic E-state index is 0.0950. The highest BCUT2D eigenvalue weighted by atomic mass is 32.1. The average Bonchev–Trinajstić information content (AvgIpc) is 3.28. The number of carbonyl (C=O) groups excluding carboxylic acids is 2. The highest BCUT2D eigenvalue weighted by molar-refractivity contribution is 7.09. The number of amides is 1. The van der Waals surface area contributed by atoms with E-state index in [4.69, 9.17) is 4.74 Å². The van der Waals surface area contributed by atoms with E-state index in [0.29, 0.717) is 25.5 Å². The van der Waals surface area contributed by atoms with Gasteiger partial charge in [-0.2, -0.15) is 5.10 Å². The zero-order valence-electron chi connectivity index (χ0n) is 14.9. The molecule has 1 unspecified atom stereocenters. The van der Waals surface area contributed by atoms with Crippen LogP contribution in [-0.2, 0) is 20.9 Å². The maximum absolute atomic E-state index is 12.4. The van der Waals surface area contributed by atoms with Gasteiger partial charge in [-0.25, -0.2) is 4.68 Å². The van der Waals surface area contributed by atoms with Crippen LogP contribution in [0.4, 0.5) is 5.82 Å². The summed E-state index contributed by atoms with van der Waals surface area (Å²) >= 11 is 1.66. The molecule has 26 heavy (non-hydrogen) atoms. The lowest BCUT2D eigenvalue weighted by atomic mass is 9.98. The van der Waals surface area contributed by atoms with Crippen molar-refractivity contribution in [3.05, 3.63) is 34.7 Å². The standard InChI is InChI=1S/C18H24N4O3S/c1-2-25-18(24)14-5-3-9-21(11-14)13-17(23)20-16-7-8-19-22(16)12-15-6-4-10-26-15/h4,6-8,10,14H,2-3,5,9,11-13H2,1H3,(H,20,23). The van der Waals surface area contributed by atoms with Crippen LogP contribution in [0, 0.1) is 5.92 Å². The summed E-state index contributed by atoms with van der Waals surface area (Å²) in [6, 6.07) is 5.84. The van der Waals surface area contributed by atoms with Gasteiger partial charge in [0.2, 0.25) is 5.91 Å². The molecule has 0 aliphatic carbocycles. The van der Waals surface area contributed by atoms with Gasteiger partial charge >= 0.3 is 5.97 Å². The number of rotatable bonds is 7. The Kier molecular flexibility index (Phi) is 6.40. The molecule has 0 bridgehead atoms. The maximum Gasteiger partial charge on any atom is 0.310 e. The molecule has 0 aromatic carbocycles. The quantitative estimate of drug-likeness (QED) is 0.750. The molecular formula is C18H24N4O3S. The van der Waals surface area contributed by atoms with Crippen molar-refractivity contribution in [3.8, 4) is 0 Å². The van der Waals surface area contributed by atoms with E-state index in [0.717, 1.165) is 19.4 Å². The van der Waals surface area contributed by atoms with Crippen LogP contribution in [-0.4, -0.2) is 52.8 Å². The number of carbonyl (C=O) groups is 2. The summed E-state index contributed by atoms with van der Waals surface area (Å²) in [7, 11) is 0. The second-order valence-electron chi connectivity index (χ2n) is 6.33. The Morgan fingerprint density at radius 3 is 3.08 bits per heavy atom. The summed E-state index contributed by atoms with van der Waals surface area (Å²) in [5, 5.41) is 9.23. The smallest absolute Gasteiger partial charge is 0.310 e. The Hall–Kier alpha value is -2.19. The molecule has 1 atom stereocenters. The number of hydrogen-bond donors (Lipinski definition) is 1. The molecule has 3 rings (SSSR count). The third-order valence-corrected chi connectivity index (χ3v) is 5.22. The highest BCUT2D eigenvalue weighted by Gasteiger charge is 2.27. The molecule has 0 radical (unpaired) electrons. The van der Waals surface area contributed by atoms with Crippen molar-refractivity contribution in [2.75, 3.05) is 31.6 Å². The summed E-state index contributed by atoms with van der Waals surface area (Å²) in [5.41, 5.74) is 0. The van der Waals surface area contributed by atoms with Crippen LogP contribution in [0.3, 0.4) is 0 Å². The van der Waals surface area contributed by atoms with E-state index in [2.05, 4.69) is 10.4 Å². The zero-order chi connectivity index (χ0) is 18.4. The average molecular weight is 376 g/mol. The lowest BCUT2D eigenvalue weighted by molar-refractivity contribution is -0.150. The van der Waals surface area contributed by atoms with Gasteiger partial charge in [-0.15, -0.1) is 11.3 Å². The second kappa shape index (κ2) is 8.95. The Morgan fingerprint density at radius 1 is 1.42 bits per heavy atom. The van der Waals surface area contributed by atoms with Gasteiger partial charge in [0.15, 0.2) is 0 Å². The number of ether oxygens (including phenoxy) is 1. The van der Waals surface area contributed by atoms with Gasteiger partial charge in [0.1, 0.15) is 5.82 Å². The van der Waals surface area contributed by atoms with Gasteiger partial charge in [0.25, 0.3) is 0 Å². The summed E-state index contributed by atoms with van der Waals surface area (Å²) in [4.78, 5) is 27.5. The number of nitrogens with one attached hydrogen (secondary N) is 1. The number of anilines is 1. The largest absolute Gasteiger partial charge is 0.466 e. The number of thiophene rings is 1. The van der Waals surface area contributed by atoms with Crippen molar-refractivity contribution in [2.24, 2.45) is 5.92 Å². The third kappa shape index (κ3) is 4.92. The molecule has 1 saturated heterocycles. The SMILES string of the molecule is CCOC(=O)C1CCCN(CC(=O)Nc2ccnn2Cc2cccs2)C1. The van der Waals surface area contributed by atoms with E-state index in [-0.39, 0.29) is 24.3 Å². The molecule has 1 fully saturated rings. The topological polar surface area (TPSA) is 76.5 Å². The molecule has 1 N–H and O–H groups in total. The van der Waals surface area contributed by atoms with Gasteiger partial charge in [0.05, 0.1) is 31.8 Å². The van der Waals surface area contributed by atoms with Crippen molar-refractivity contribution in [1.82, 2.24) is 14.7 Å². The Bertz CT molecular complexity index is 729. The number of hydrogen-bond acceptors (Lipinski definition) is 6. The number of likely N-dealkylation sites (tertiary alicyclic amines) is 1. The molecule has 1 aliphatic heterocycles. The van der Waals surface area contributed by atoms with E-state index < -0.39 is 0 Å². The van der Waals surface area contributed by atoms with Crippen LogP contribution >= 0.6 is 11.3 Å². The molecule has 0 spiro atoms. The van der Waals surface area contributed by atoms with Crippen LogP contribution in [0.1, 0.15) is 24.6 Å². The number of piperidine rings is 1. The monoisotopic (exact) mass is 376 g/mol. The summed E-state index contributed by atoms with van der Waals surface area (Å²) in [6.07, 6.45) is 3.40. The van der Waals surface area contributed by atoms with E-state index >= 15 is 0 Å². The van der Waals surface area contributed by atoms with Crippen LogP contribution < -0.4 is 5.32 Å². The predicted molar refractivity (Wildman–Crippen MR) is 100 cm³/mol. The molecule has 2 aromatic rings. The van der Waals surface area contributed by atoms with E-state index in [1.54, 1.807) is 28.3 Å². The second-order valence-corrected chi connectivity index (χ2v) is 7.36. The lowest BCUT2D eigenvalue weighted by Gasteiger charge is -2.30.